The second kappa shape index (κ2) is 2.16. The zero-order chi connectivity index (χ0) is 10.2. The molecule has 3 heterocycles. The van der Waals surface area contributed by atoms with Gasteiger partial charge in [-0.2, -0.15) is 0 Å². The number of ether oxygens (including phenoxy) is 4. The van der Waals surface area contributed by atoms with Crippen LogP contribution >= 0.6 is 0 Å². The van der Waals surface area contributed by atoms with Crippen LogP contribution in [0.1, 0.15) is 27.7 Å². The van der Waals surface area contributed by atoms with E-state index in [-0.39, 0.29) is 12.2 Å². The summed E-state index contributed by atoms with van der Waals surface area (Å²) in [5.41, 5.74) is -0.473. The van der Waals surface area contributed by atoms with Crippen LogP contribution in [0, 0.1) is 0 Å². The molecule has 0 saturated carbocycles. The van der Waals surface area contributed by atoms with Crippen LogP contribution in [-0.2, 0) is 18.9 Å². The summed E-state index contributed by atoms with van der Waals surface area (Å²) in [7, 11) is 0. The van der Waals surface area contributed by atoms with Gasteiger partial charge in [-0.15, -0.1) is 0 Å². The molecule has 14 heavy (non-hydrogen) atoms. The van der Waals surface area contributed by atoms with Gasteiger partial charge >= 0.3 is 0 Å². The predicted molar refractivity (Wildman–Crippen MR) is 47.7 cm³/mol. The second-order valence-corrected chi connectivity index (χ2v) is 5.06. The highest BCUT2D eigenvalue weighted by Crippen LogP contribution is 2.55. The first-order chi connectivity index (χ1) is 6.36. The monoisotopic (exact) mass is 200 g/mol. The average molecular weight is 200 g/mol. The van der Waals surface area contributed by atoms with E-state index in [0.29, 0.717) is 6.61 Å². The van der Waals surface area contributed by atoms with Crippen molar-refractivity contribution in [2.24, 2.45) is 0 Å². The second-order valence-electron chi connectivity index (χ2n) is 5.06. The predicted octanol–water partition coefficient (Wildman–Crippen LogP) is 1.04. The van der Waals surface area contributed by atoms with Gasteiger partial charge in [-0.1, -0.05) is 0 Å². The Bertz CT molecular complexity index is 290. The highest BCUT2D eigenvalue weighted by Gasteiger charge is 2.73. The van der Waals surface area contributed by atoms with Crippen LogP contribution in [0.15, 0.2) is 0 Å². The van der Waals surface area contributed by atoms with Gasteiger partial charge in [0.1, 0.15) is 12.2 Å². The van der Waals surface area contributed by atoms with E-state index in [1.807, 2.05) is 27.7 Å². The summed E-state index contributed by atoms with van der Waals surface area (Å²) < 4.78 is 23.1. The maximum absolute atomic E-state index is 5.92. The summed E-state index contributed by atoms with van der Waals surface area (Å²) in [5.74, 6) is -1.17. The minimum absolute atomic E-state index is 0.00347. The molecule has 0 aromatic carbocycles. The van der Waals surface area contributed by atoms with Gasteiger partial charge in [0, 0.05) is 0 Å². The Morgan fingerprint density at radius 3 is 2.43 bits per heavy atom. The Morgan fingerprint density at radius 2 is 1.79 bits per heavy atom. The fraction of sp³-hybridized carbons (Fsp3) is 1.00. The summed E-state index contributed by atoms with van der Waals surface area (Å²) >= 11 is 0. The van der Waals surface area contributed by atoms with Crippen molar-refractivity contribution < 1.29 is 18.9 Å². The van der Waals surface area contributed by atoms with Crippen molar-refractivity contribution >= 4 is 0 Å². The Hall–Kier alpha value is -0.160. The van der Waals surface area contributed by atoms with Crippen LogP contribution in [0.25, 0.3) is 0 Å². The molecule has 0 aliphatic carbocycles. The van der Waals surface area contributed by atoms with Gasteiger partial charge in [-0.05, 0) is 27.7 Å². The third-order valence-electron chi connectivity index (χ3n) is 3.55. The van der Waals surface area contributed by atoms with Crippen LogP contribution in [0.3, 0.4) is 0 Å². The highest BCUT2D eigenvalue weighted by molar-refractivity contribution is 5.13. The Morgan fingerprint density at radius 1 is 1.07 bits per heavy atom. The average Bonchev–Trinajstić information content (AvgIpc) is 2.56. The summed E-state index contributed by atoms with van der Waals surface area (Å²) in [4.78, 5) is 0. The molecule has 2 bridgehead atoms. The first kappa shape index (κ1) is 9.09. The van der Waals surface area contributed by atoms with Crippen molar-refractivity contribution in [3.63, 3.8) is 0 Å². The van der Waals surface area contributed by atoms with Crippen molar-refractivity contribution in [2.75, 3.05) is 6.61 Å². The van der Waals surface area contributed by atoms with Crippen molar-refractivity contribution in [3.05, 3.63) is 0 Å². The Labute approximate surface area is 83.5 Å². The van der Waals surface area contributed by atoms with E-state index in [1.54, 1.807) is 0 Å². The molecular weight excluding hydrogens is 184 g/mol. The quantitative estimate of drug-likeness (QED) is 0.585. The lowest BCUT2D eigenvalue weighted by Crippen LogP contribution is -2.55. The van der Waals surface area contributed by atoms with E-state index >= 15 is 0 Å². The van der Waals surface area contributed by atoms with E-state index in [4.69, 9.17) is 18.9 Å². The fourth-order valence-electron chi connectivity index (χ4n) is 2.80. The van der Waals surface area contributed by atoms with Crippen LogP contribution in [0.5, 0.6) is 0 Å². The van der Waals surface area contributed by atoms with Gasteiger partial charge in [-0.25, -0.2) is 0 Å². The molecule has 3 aliphatic rings. The topological polar surface area (TPSA) is 36.9 Å². The molecule has 3 saturated heterocycles. The first-order valence-corrected chi connectivity index (χ1v) is 5.06. The molecule has 4 nitrogen and oxygen atoms in total. The number of hydrogen-bond acceptors (Lipinski definition) is 4. The lowest BCUT2D eigenvalue weighted by molar-refractivity contribution is -0.267. The maximum Gasteiger partial charge on any atom is 0.197 e. The van der Waals surface area contributed by atoms with Crippen LogP contribution in [0.4, 0.5) is 0 Å². The zero-order valence-corrected chi connectivity index (χ0v) is 8.99. The molecule has 0 N–H and O–H groups in total. The van der Waals surface area contributed by atoms with Crippen LogP contribution in [-0.4, -0.2) is 36.0 Å². The SMILES string of the molecule is CC1(C)O[C@@H]2[C@H]3CO[C@](C)(O3)[C@]2(C)O1. The minimum Gasteiger partial charge on any atom is -0.345 e. The third-order valence-corrected chi connectivity index (χ3v) is 3.55. The molecule has 0 unspecified atom stereocenters. The van der Waals surface area contributed by atoms with Gasteiger partial charge < -0.3 is 18.9 Å². The van der Waals surface area contributed by atoms with E-state index in [0.717, 1.165) is 0 Å². The molecule has 4 atom stereocenters. The molecule has 80 valence electrons. The van der Waals surface area contributed by atoms with E-state index in [1.165, 1.54) is 0 Å². The van der Waals surface area contributed by atoms with Gasteiger partial charge in [0.25, 0.3) is 0 Å². The smallest absolute Gasteiger partial charge is 0.197 e. The molecular formula is C10H16O4. The number of hydrogen-bond donors (Lipinski definition) is 0. The molecule has 0 aromatic heterocycles. The van der Waals surface area contributed by atoms with Gasteiger partial charge in [0.05, 0.1) is 6.61 Å². The van der Waals surface area contributed by atoms with Crippen molar-refractivity contribution in [1.82, 2.24) is 0 Å². The van der Waals surface area contributed by atoms with E-state index in [2.05, 4.69) is 0 Å². The van der Waals surface area contributed by atoms with Gasteiger partial charge in [0.15, 0.2) is 17.2 Å². The summed E-state index contributed by atoms with van der Waals surface area (Å²) in [6, 6.07) is 0. The Balaban J connectivity index is 2.03. The molecule has 3 rings (SSSR count). The van der Waals surface area contributed by atoms with Gasteiger partial charge in [0.2, 0.25) is 0 Å². The molecule has 3 fully saturated rings. The summed E-state index contributed by atoms with van der Waals surface area (Å²) in [6.45, 7) is 8.40. The normalized spacial score (nSPS) is 59.1. The lowest BCUT2D eigenvalue weighted by Gasteiger charge is -2.37. The fourth-order valence-corrected chi connectivity index (χ4v) is 2.80. The number of rotatable bonds is 0. The minimum atomic E-state index is -0.643. The highest BCUT2D eigenvalue weighted by atomic mass is 16.8. The molecule has 0 amide bonds. The summed E-state index contributed by atoms with van der Waals surface area (Å²) in [6.07, 6.45) is 0.0167. The molecule has 0 radical (unpaired) electrons. The largest absolute Gasteiger partial charge is 0.345 e. The number of fused-ring (bicyclic) bond motifs is 5. The Kier molecular flexibility index (Phi) is 1.41. The maximum atomic E-state index is 5.92. The van der Waals surface area contributed by atoms with E-state index < -0.39 is 17.2 Å². The lowest BCUT2D eigenvalue weighted by atomic mass is 9.89. The molecule has 0 spiro atoms. The standard InChI is InChI=1S/C10H16O4/c1-8(2)13-7-6-5-11-10(4,12-6)9(7,3)14-8/h6-7H,5H2,1-4H3/t6-,7-,9-,10-/m1/s1. The van der Waals surface area contributed by atoms with Crippen LogP contribution < -0.4 is 0 Å². The molecule has 4 heteroatoms. The molecule has 3 aliphatic heterocycles. The zero-order valence-electron chi connectivity index (χ0n) is 8.99. The molecule has 0 aromatic rings. The van der Waals surface area contributed by atoms with Crippen molar-refractivity contribution in [1.29, 1.82) is 0 Å². The van der Waals surface area contributed by atoms with Crippen LogP contribution in [0.2, 0.25) is 0 Å². The van der Waals surface area contributed by atoms with Crippen molar-refractivity contribution in [3.8, 4) is 0 Å². The third kappa shape index (κ3) is 0.834. The van der Waals surface area contributed by atoms with E-state index in [9.17, 15) is 0 Å². The summed E-state index contributed by atoms with van der Waals surface area (Å²) in [5, 5.41) is 0. The van der Waals surface area contributed by atoms with Gasteiger partial charge in [-0.3, -0.25) is 0 Å². The first-order valence-electron chi connectivity index (χ1n) is 5.06. The van der Waals surface area contributed by atoms with Crippen molar-refractivity contribution in [2.45, 2.75) is 57.1 Å².